The largest absolute Gasteiger partial charge is 0.396 e. The molecule has 0 saturated carbocycles. The van der Waals surface area contributed by atoms with Gasteiger partial charge in [0.1, 0.15) is 5.82 Å². The van der Waals surface area contributed by atoms with Crippen LogP contribution in [-0.4, -0.2) is 14.4 Å². The molecule has 0 bridgehead atoms. The fourth-order valence-corrected chi connectivity index (χ4v) is 2.11. The Hall–Kier alpha value is -1.83. The summed E-state index contributed by atoms with van der Waals surface area (Å²) in [5.41, 5.74) is 9.70. The van der Waals surface area contributed by atoms with E-state index < -0.39 is 21.9 Å². The number of anilines is 1. The van der Waals surface area contributed by atoms with Gasteiger partial charge in [0, 0.05) is 0 Å². The van der Waals surface area contributed by atoms with E-state index >= 15 is 0 Å². The molecule has 0 aliphatic rings. The Kier molecular flexibility index (Phi) is 3.04. The van der Waals surface area contributed by atoms with Crippen LogP contribution in [0.4, 0.5) is 14.9 Å². The lowest BCUT2D eigenvalue weighted by molar-refractivity contribution is 0.253. The van der Waals surface area contributed by atoms with Crippen LogP contribution < -0.4 is 16.2 Å². The molecule has 0 radical (unpaired) electrons. The van der Waals surface area contributed by atoms with Crippen LogP contribution in [0.5, 0.6) is 0 Å². The monoisotopic (exact) mass is 247 g/mol. The number of halogens is 1. The SMILES string of the molecule is Cc1cc(S(=O)(=O)NC(N)=O)cc(N)c1F. The third-order valence-electron chi connectivity index (χ3n) is 1.80. The van der Waals surface area contributed by atoms with E-state index in [1.165, 1.54) is 6.92 Å². The van der Waals surface area contributed by atoms with Crippen molar-refractivity contribution in [1.29, 1.82) is 0 Å². The predicted octanol–water partition coefficient (Wildman–Crippen LogP) is 0.0733. The summed E-state index contributed by atoms with van der Waals surface area (Å²) in [7, 11) is -4.09. The summed E-state index contributed by atoms with van der Waals surface area (Å²) in [4.78, 5) is 10.1. The number of benzene rings is 1. The first-order valence-corrected chi connectivity index (χ1v) is 5.60. The number of carbonyl (C=O) groups excluding carboxylic acids is 1. The summed E-state index contributed by atoms with van der Waals surface area (Å²) in [6.07, 6.45) is 0. The second kappa shape index (κ2) is 3.97. The second-order valence-corrected chi connectivity index (χ2v) is 4.80. The van der Waals surface area contributed by atoms with Crippen LogP contribution in [0.25, 0.3) is 0 Å². The molecule has 0 aliphatic heterocycles. The van der Waals surface area contributed by atoms with Gasteiger partial charge in [0.15, 0.2) is 0 Å². The smallest absolute Gasteiger partial charge is 0.326 e. The van der Waals surface area contributed by atoms with Crippen LogP contribution in [0.1, 0.15) is 5.56 Å². The average Bonchev–Trinajstić information content (AvgIpc) is 2.11. The number of primary amides is 1. The first-order valence-electron chi connectivity index (χ1n) is 4.12. The minimum absolute atomic E-state index is 0.0600. The van der Waals surface area contributed by atoms with Crippen molar-refractivity contribution in [3.63, 3.8) is 0 Å². The van der Waals surface area contributed by atoms with E-state index in [0.717, 1.165) is 12.1 Å². The molecular weight excluding hydrogens is 237 g/mol. The second-order valence-electron chi connectivity index (χ2n) is 3.11. The number of sulfonamides is 1. The van der Waals surface area contributed by atoms with Crippen molar-refractivity contribution in [2.75, 3.05) is 5.73 Å². The lowest BCUT2D eigenvalue weighted by Gasteiger charge is -2.07. The van der Waals surface area contributed by atoms with E-state index in [1.54, 1.807) is 4.72 Å². The molecule has 16 heavy (non-hydrogen) atoms. The van der Waals surface area contributed by atoms with Crippen LogP contribution in [0.15, 0.2) is 17.0 Å². The van der Waals surface area contributed by atoms with E-state index in [4.69, 9.17) is 5.73 Å². The summed E-state index contributed by atoms with van der Waals surface area (Å²) in [5, 5.41) is 0. The summed E-state index contributed by atoms with van der Waals surface area (Å²) in [5.74, 6) is -0.696. The average molecular weight is 247 g/mol. The molecule has 0 atom stereocenters. The van der Waals surface area contributed by atoms with Crippen molar-refractivity contribution >= 4 is 21.7 Å². The highest BCUT2D eigenvalue weighted by atomic mass is 32.2. The maximum atomic E-state index is 13.1. The van der Waals surface area contributed by atoms with Gasteiger partial charge in [-0.3, -0.25) is 0 Å². The zero-order chi connectivity index (χ0) is 12.5. The van der Waals surface area contributed by atoms with Gasteiger partial charge >= 0.3 is 6.03 Å². The number of nitrogen functional groups attached to an aromatic ring is 1. The molecule has 88 valence electrons. The molecule has 1 aromatic rings. The quantitative estimate of drug-likeness (QED) is 0.641. The van der Waals surface area contributed by atoms with Crippen LogP contribution in [0, 0.1) is 12.7 Å². The van der Waals surface area contributed by atoms with Crippen molar-refractivity contribution in [3.8, 4) is 0 Å². The lowest BCUT2D eigenvalue weighted by Crippen LogP contribution is -2.35. The van der Waals surface area contributed by atoms with Crippen molar-refractivity contribution in [1.82, 2.24) is 4.72 Å². The normalized spacial score (nSPS) is 11.1. The Morgan fingerprint density at radius 3 is 2.44 bits per heavy atom. The van der Waals surface area contributed by atoms with Crippen LogP contribution in [0.2, 0.25) is 0 Å². The Balaban J connectivity index is 3.30. The number of amides is 2. The van der Waals surface area contributed by atoms with Gasteiger partial charge in [-0.2, -0.15) is 0 Å². The van der Waals surface area contributed by atoms with Gasteiger partial charge < -0.3 is 11.5 Å². The maximum absolute atomic E-state index is 13.1. The zero-order valence-corrected chi connectivity index (χ0v) is 9.14. The number of hydrogen-bond acceptors (Lipinski definition) is 4. The highest BCUT2D eigenvalue weighted by molar-refractivity contribution is 7.90. The van der Waals surface area contributed by atoms with Gasteiger partial charge in [0.05, 0.1) is 10.6 Å². The standard InChI is InChI=1S/C8H10FN3O3S/c1-4-2-5(3-6(10)7(4)9)16(14,15)12-8(11)13/h2-3H,10H2,1H3,(H3,11,12,13). The number of hydrogen-bond donors (Lipinski definition) is 3. The van der Waals surface area contributed by atoms with E-state index in [0.29, 0.717) is 0 Å². The Bertz CT molecular complexity index is 518. The molecule has 1 rings (SSSR count). The van der Waals surface area contributed by atoms with Gasteiger partial charge in [-0.05, 0) is 24.6 Å². The maximum Gasteiger partial charge on any atom is 0.326 e. The number of nitrogens with two attached hydrogens (primary N) is 2. The summed E-state index contributed by atoms with van der Waals surface area (Å²) >= 11 is 0. The molecule has 0 aromatic heterocycles. The van der Waals surface area contributed by atoms with Gasteiger partial charge in [-0.1, -0.05) is 0 Å². The summed E-state index contributed by atoms with van der Waals surface area (Å²) in [6.45, 7) is 1.36. The van der Waals surface area contributed by atoms with Crippen molar-refractivity contribution in [2.45, 2.75) is 11.8 Å². The highest BCUT2D eigenvalue weighted by Gasteiger charge is 2.18. The first kappa shape index (κ1) is 12.2. The zero-order valence-electron chi connectivity index (χ0n) is 8.32. The fraction of sp³-hybridized carbons (Fsp3) is 0.125. The van der Waals surface area contributed by atoms with Crippen molar-refractivity contribution in [2.24, 2.45) is 5.73 Å². The topological polar surface area (TPSA) is 115 Å². The molecular formula is C8H10FN3O3S. The molecule has 1 aromatic carbocycles. The van der Waals surface area contributed by atoms with E-state index in [1.807, 2.05) is 0 Å². The third kappa shape index (κ3) is 2.40. The third-order valence-corrected chi connectivity index (χ3v) is 3.13. The summed E-state index contributed by atoms with van der Waals surface area (Å²) in [6, 6.07) is 0.741. The molecule has 0 aliphatic carbocycles. The van der Waals surface area contributed by atoms with Crippen molar-refractivity contribution < 1.29 is 17.6 Å². The predicted molar refractivity (Wildman–Crippen MR) is 55.5 cm³/mol. The molecule has 2 amide bonds. The number of urea groups is 1. The highest BCUT2D eigenvalue weighted by Crippen LogP contribution is 2.20. The number of nitrogens with one attached hydrogen (secondary N) is 1. The minimum Gasteiger partial charge on any atom is -0.396 e. The Morgan fingerprint density at radius 1 is 1.44 bits per heavy atom. The number of carbonyl (C=O) groups is 1. The fourth-order valence-electron chi connectivity index (χ4n) is 1.11. The molecule has 0 fully saturated rings. The molecule has 8 heteroatoms. The van der Waals surface area contributed by atoms with Gasteiger partial charge in [-0.15, -0.1) is 0 Å². The Labute approximate surface area is 91.5 Å². The molecule has 0 saturated heterocycles. The van der Waals surface area contributed by atoms with E-state index in [-0.39, 0.29) is 16.1 Å². The molecule has 0 spiro atoms. The van der Waals surface area contributed by atoms with Gasteiger partial charge in [0.2, 0.25) is 0 Å². The molecule has 0 heterocycles. The van der Waals surface area contributed by atoms with E-state index in [2.05, 4.69) is 5.73 Å². The molecule has 6 nitrogen and oxygen atoms in total. The lowest BCUT2D eigenvalue weighted by atomic mass is 10.2. The molecule has 5 N–H and O–H groups in total. The van der Waals surface area contributed by atoms with Gasteiger partial charge in [-0.25, -0.2) is 22.3 Å². The number of aryl methyl sites for hydroxylation is 1. The van der Waals surface area contributed by atoms with Crippen LogP contribution >= 0.6 is 0 Å². The number of rotatable bonds is 2. The van der Waals surface area contributed by atoms with Crippen molar-refractivity contribution in [3.05, 3.63) is 23.5 Å². The Morgan fingerprint density at radius 2 is 2.00 bits per heavy atom. The van der Waals surface area contributed by atoms with Gasteiger partial charge in [0.25, 0.3) is 10.0 Å². The van der Waals surface area contributed by atoms with Crippen LogP contribution in [0.3, 0.4) is 0 Å². The first-order chi connectivity index (χ1) is 7.24. The van der Waals surface area contributed by atoms with E-state index in [9.17, 15) is 17.6 Å². The molecule has 0 unspecified atom stereocenters. The minimum atomic E-state index is -4.09. The summed E-state index contributed by atoms with van der Waals surface area (Å²) < 4.78 is 37.6. The van der Waals surface area contributed by atoms with Crippen LogP contribution in [-0.2, 0) is 10.0 Å².